The number of benzene rings is 2. The lowest BCUT2D eigenvalue weighted by Gasteiger charge is -2.32. The minimum Gasteiger partial charge on any atom is -0.370 e. The monoisotopic (exact) mass is 527 g/mol. The fraction of sp³-hybridized carbons (Fsp3) is 0.250. The number of hydrogen-bond donors (Lipinski definition) is 1. The lowest BCUT2D eigenvalue weighted by atomic mass is 9.99. The Kier molecular flexibility index (Phi) is 6.71. The highest BCUT2D eigenvalue weighted by molar-refractivity contribution is 7.89. The molecule has 1 unspecified atom stereocenters. The van der Waals surface area contributed by atoms with Crippen molar-refractivity contribution in [3.63, 3.8) is 0 Å². The van der Waals surface area contributed by atoms with Crippen molar-refractivity contribution in [3.05, 3.63) is 71.4 Å². The molecule has 1 saturated heterocycles. The van der Waals surface area contributed by atoms with Crippen LogP contribution in [0, 0.1) is 17.6 Å². The average molecular weight is 528 g/mol. The number of halogens is 3. The highest BCUT2D eigenvalue weighted by atomic mass is 35.5. The third-order valence-electron chi connectivity index (χ3n) is 6.18. The van der Waals surface area contributed by atoms with E-state index >= 15 is 0 Å². The van der Waals surface area contributed by atoms with Gasteiger partial charge in [-0.05, 0) is 42.4 Å². The van der Waals surface area contributed by atoms with Crippen LogP contribution in [0.5, 0.6) is 0 Å². The Hall–Kier alpha value is -3.02. The van der Waals surface area contributed by atoms with Gasteiger partial charge in [0.1, 0.15) is 25.3 Å². The lowest BCUT2D eigenvalue weighted by molar-refractivity contribution is 0.275. The van der Waals surface area contributed by atoms with Crippen molar-refractivity contribution >= 4 is 46.4 Å². The SMILES string of the molecule is [B]c1cnn2c(NCC3CCCN(S(=O)(=O)c4cc(F)cc(F)c4)C3)cc(-c3ccccc3Cl)nc12. The van der Waals surface area contributed by atoms with Gasteiger partial charge in [0, 0.05) is 48.5 Å². The molecule has 0 bridgehead atoms. The molecule has 1 atom stereocenters. The van der Waals surface area contributed by atoms with Gasteiger partial charge in [-0.3, -0.25) is 0 Å². The molecular weight excluding hydrogens is 507 g/mol. The zero-order valence-electron chi connectivity index (χ0n) is 19.0. The molecule has 1 aliphatic rings. The first kappa shape index (κ1) is 24.7. The molecule has 36 heavy (non-hydrogen) atoms. The summed E-state index contributed by atoms with van der Waals surface area (Å²) in [6, 6.07) is 11.5. The van der Waals surface area contributed by atoms with E-state index in [0.717, 1.165) is 24.1 Å². The molecule has 1 aliphatic heterocycles. The third-order valence-corrected chi connectivity index (χ3v) is 8.35. The van der Waals surface area contributed by atoms with Crippen LogP contribution in [0.3, 0.4) is 0 Å². The molecule has 12 heteroatoms. The minimum atomic E-state index is -4.03. The Balaban J connectivity index is 1.38. The second-order valence-electron chi connectivity index (χ2n) is 8.70. The second kappa shape index (κ2) is 9.80. The topological polar surface area (TPSA) is 79.6 Å². The average Bonchev–Trinajstić information content (AvgIpc) is 3.23. The molecule has 184 valence electrons. The normalized spacial score (nSPS) is 16.9. The minimum absolute atomic E-state index is 0.0492. The molecule has 7 nitrogen and oxygen atoms in total. The number of piperidine rings is 1. The van der Waals surface area contributed by atoms with Crippen LogP contribution in [0.25, 0.3) is 16.9 Å². The summed E-state index contributed by atoms with van der Waals surface area (Å²) in [5, 5.41) is 8.20. The molecule has 2 aromatic carbocycles. The van der Waals surface area contributed by atoms with E-state index in [-0.39, 0.29) is 23.9 Å². The highest BCUT2D eigenvalue weighted by Crippen LogP contribution is 2.29. The number of fused-ring (bicyclic) bond motifs is 1. The maximum atomic E-state index is 13.7. The summed E-state index contributed by atoms with van der Waals surface area (Å²) < 4.78 is 56.3. The zero-order valence-corrected chi connectivity index (χ0v) is 20.6. The van der Waals surface area contributed by atoms with Gasteiger partial charge in [-0.15, -0.1) is 0 Å². The summed E-state index contributed by atoms with van der Waals surface area (Å²) in [5.74, 6) is -1.29. The summed E-state index contributed by atoms with van der Waals surface area (Å²) in [6.45, 7) is 0.924. The van der Waals surface area contributed by atoms with Crippen molar-refractivity contribution in [1.82, 2.24) is 18.9 Å². The Morgan fingerprint density at radius 1 is 1.14 bits per heavy atom. The van der Waals surface area contributed by atoms with Crippen LogP contribution in [0.2, 0.25) is 5.02 Å². The predicted octanol–water partition coefficient (Wildman–Crippen LogP) is 3.63. The molecule has 0 aliphatic carbocycles. The van der Waals surface area contributed by atoms with Gasteiger partial charge < -0.3 is 5.32 Å². The van der Waals surface area contributed by atoms with Crippen LogP contribution in [-0.2, 0) is 10.0 Å². The van der Waals surface area contributed by atoms with Crippen molar-refractivity contribution in [3.8, 4) is 11.3 Å². The summed E-state index contributed by atoms with van der Waals surface area (Å²) in [6.07, 6.45) is 2.91. The number of hydrogen-bond acceptors (Lipinski definition) is 5. The molecule has 1 N–H and O–H groups in total. The summed E-state index contributed by atoms with van der Waals surface area (Å²) in [4.78, 5) is 4.23. The van der Waals surface area contributed by atoms with Gasteiger partial charge in [-0.1, -0.05) is 29.8 Å². The fourth-order valence-corrected chi connectivity index (χ4v) is 6.23. The van der Waals surface area contributed by atoms with E-state index in [1.807, 2.05) is 24.3 Å². The standard InChI is InChI=1S/C24H21BClF2N5O2S/c25-20-13-30-33-23(11-22(31-24(20)33)19-5-1-2-6-21(19)26)29-12-15-4-3-7-32(14-15)36(34,35)18-9-16(27)8-17(28)10-18/h1-2,5-6,8-11,13,15,29H,3-4,7,12,14H2. The first-order valence-corrected chi connectivity index (χ1v) is 13.1. The highest BCUT2D eigenvalue weighted by Gasteiger charge is 2.31. The number of nitrogens with zero attached hydrogens (tertiary/aromatic N) is 4. The van der Waals surface area contributed by atoms with Crippen LogP contribution < -0.4 is 10.8 Å². The maximum Gasteiger partial charge on any atom is 0.243 e. The smallest absolute Gasteiger partial charge is 0.243 e. The third kappa shape index (κ3) is 4.83. The van der Waals surface area contributed by atoms with Gasteiger partial charge in [0.25, 0.3) is 0 Å². The fourth-order valence-electron chi connectivity index (χ4n) is 4.40. The Bertz CT molecular complexity index is 1530. The Morgan fingerprint density at radius 3 is 2.64 bits per heavy atom. The van der Waals surface area contributed by atoms with Crippen LogP contribution in [0.4, 0.5) is 14.6 Å². The van der Waals surface area contributed by atoms with Gasteiger partial charge in [-0.2, -0.15) is 13.9 Å². The van der Waals surface area contributed by atoms with Crippen molar-refractivity contribution in [2.75, 3.05) is 25.0 Å². The molecule has 0 amide bonds. The maximum absolute atomic E-state index is 13.7. The first-order valence-electron chi connectivity index (χ1n) is 11.3. The second-order valence-corrected chi connectivity index (χ2v) is 11.0. The van der Waals surface area contributed by atoms with Crippen molar-refractivity contribution in [2.45, 2.75) is 17.7 Å². The van der Waals surface area contributed by atoms with E-state index in [1.54, 1.807) is 10.6 Å². The summed E-state index contributed by atoms with van der Waals surface area (Å²) in [7, 11) is 2.04. The van der Waals surface area contributed by atoms with Gasteiger partial charge in [0.05, 0.1) is 10.6 Å². The number of sulfonamides is 1. The number of anilines is 1. The van der Waals surface area contributed by atoms with E-state index in [1.165, 1.54) is 10.5 Å². The molecule has 2 aromatic heterocycles. The Morgan fingerprint density at radius 2 is 1.89 bits per heavy atom. The van der Waals surface area contributed by atoms with Crippen LogP contribution in [0.1, 0.15) is 12.8 Å². The number of rotatable bonds is 6. The van der Waals surface area contributed by atoms with Crippen molar-refractivity contribution in [1.29, 1.82) is 0 Å². The van der Waals surface area contributed by atoms with Crippen LogP contribution in [0.15, 0.2) is 59.6 Å². The van der Waals surface area contributed by atoms with Crippen molar-refractivity contribution in [2.24, 2.45) is 5.92 Å². The molecule has 5 rings (SSSR count). The number of aromatic nitrogens is 3. The first-order chi connectivity index (χ1) is 17.2. The van der Waals surface area contributed by atoms with E-state index in [0.29, 0.717) is 46.7 Å². The molecular formula is C24H21BClF2N5O2S. The Labute approximate surface area is 213 Å². The largest absolute Gasteiger partial charge is 0.370 e. The van der Waals surface area contributed by atoms with E-state index in [9.17, 15) is 17.2 Å². The molecule has 4 aromatic rings. The summed E-state index contributed by atoms with van der Waals surface area (Å²) >= 11 is 6.38. The molecule has 3 heterocycles. The van der Waals surface area contributed by atoms with Gasteiger partial charge in [0.2, 0.25) is 10.0 Å². The lowest BCUT2D eigenvalue weighted by Crippen LogP contribution is -2.41. The number of nitrogens with one attached hydrogen (secondary N) is 1. The van der Waals surface area contributed by atoms with Crippen molar-refractivity contribution < 1.29 is 17.2 Å². The zero-order chi connectivity index (χ0) is 25.4. The van der Waals surface area contributed by atoms with E-state index in [4.69, 9.17) is 19.4 Å². The molecule has 0 saturated carbocycles. The van der Waals surface area contributed by atoms with Crippen LogP contribution >= 0.6 is 11.6 Å². The predicted molar refractivity (Wildman–Crippen MR) is 135 cm³/mol. The summed E-state index contributed by atoms with van der Waals surface area (Å²) in [5.41, 5.74) is 2.23. The van der Waals surface area contributed by atoms with Gasteiger partial charge >= 0.3 is 0 Å². The van der Waals surface area contributed by atoms with Gasteiger partial charge in [-0.25, -0.2) is 22.2 Å². The molecule has 1 fully saturated rings. The molecule has 2 radical (unpaired) electrons. The van der Waals surface area contributed by atoms with Gasteiger partial charge in [0.15, 0.2) is 5.65 Å². The van der Waals surface area contributed by atoms with E-state index in [2.05, 4.69) is 15.4 Å². The van der Waals surface area contributed by atoms with Crippen LogP contribution in [-0.4, -0.2) is 54.8 Å². The van der Waals surface area contributed by atoms with E-state index < -0.39 is 21.7 Å². The molecule has 0 spiro atoms. The quantitative estimate of drug-likeness (QED) is 0.388.